The molecule has 0 unspecified atom stereocenters. The molecule has 6 aromatic carbocycles. The summed E-state index contributed by atoms with van der Waals surface area (Å²) in [6.45, 7) is 7.42. The van der Waals surface area contributed by atoms with Crippen LogP contribution in [-0.2, 0) is 45.8 Å². The minimum atomic E-state index is 0. The van der Waals surface area contributed by atoms with Crippen LogP contribution >= 0.6 is 0 Å². The molecule has 5 nitrogen and oxygen atoms in total. The Bertz CT molecular complexity index is 2910. The maximum absolute atomic E-state index is 9.45. The van der Waals surface area contributed by atoms with Crippen molar-refractivity contribution in [2.24, 2.45) is 0 Å². The standard InChI is InChI=1S/C57H38N5.Ir/c1-59-52-36-44(38-58)35-50(37-52)49-28-29-57(62-39-49)48-26-24-45(25-27-48)53-8-2-3-9-54(53)51-33-42(14-12-40-16-20-46(21-17-40)55-10-4-6-30-60-55)32-43(34-51)15-13-41-18-22-47(23-19-41)56-11-5-7-31-61-56;/h2-11,16-20,22,24-26,28-37,39H,12-15H2;/q-3;+3. The SMILES string of the molecule is [C-]#[N+]c1cc(C#N)cc(-c2ccc(-c3[c-]cc(-c4ccccc4-c4cc(CCc5c[c-]c(-c6ccccn6)cc5)cc(CCc5c[c-]c(-c6ccccn6)cc5)c4)cc3)nc2)c1.[Ir+3]. The first-order valence-corrected chi connectivity index (χ1v) is 20.6. The van der Waals surface area contributed by atoms with Crippen LogP contribution in [-0.4, -0.2) is 15.0 Å². The molecule has 63 heavy (non-hydrogen) atoms. The zero-order chi connectivity index (χ0) is 42.1. The van der Waals surface area contributed by atoms with Crippen molar-refractivity contribution in [3.63, 3.8) is 0 Å². The van der Waals surface area contributed by atoms with Crippen LogP contribution in [0.4, 0.5) is 5.69 Å². The molecule has 9 rings (SSSR count). The normalized spacial score (nSPS) is 10.6. The molecule has 0 aliphatic rings. The van der Waals surface area contributed by atoms with Crippen molar-refractivity contribution >= 4 is 5.69 Å². The molecule has 0 aliphatic heterocycles. The molecule has 3 aromatic heterocycles. The van der Waals surface area contributed by atoms with Crippen molar-refractivity contribution in [3.8, 4) is 73.2 Å². The van der Waals surface area contributed by atoms with Crippen LogP contribution in [0.1, 0.15) is 27.8 Å². The van der Waals surface area contributed by atoms with Gasteiger partial charge in [0.05, 0.1) is 12.6 Å². The van der Waals surface area contributed by atoms with E-state index >= 15 is 0 Å². The molecule has 0 fully saturated rings. The number of rotatable bonds is 12. The Balaban J connectivity index is 0.00000544. The first kappa shape index (κ1) is 42.1. The number of aromatic nitrogens is 3. The van der Waals surface area contributed by atoms with E-state index in [1.165, 1.54) is 33.4 Å². The molecule has 0 amide bonds. The number of hydrogen-bond donors (Lipinski definition) is 0. The van der Waals surface area contributed by atoms with E-state index in [1.807, 2.05) is 67.0 Å². The molecule has 0 bridgehead atoms. The Morgan fingerprint density at radius 1 is 0.476 bits per heavy atom. The fourth-order valence-electron chi connectivity index (χ4n) is 7.74. The maximum atomic E-state index is 9.45. The molecular weight excluding hydrogens is 947 g/mol. The fourth-order valence-corrected chi connectivity index (χ4v) is 7.74. The Morgan fingerprint density at radius 3 is 1.51 bits per heavy atom. The third-order valence-electron chi connectivity index (χ3n) is 11.0. The van der Waals surface area contributed by atoms with Gasteiger partial charge in [-0.3, -0.25) is 0 Å². The van der Waals surface area contributed by atoms with Gasteiger partial charge in [-0.15, -0.1) is 101 Å². The molecule has 0 aliphatic carbocycles. The van der Waals surface area contributed by atoms with Crippen LogP contribution < -0.4 is 0 Å². The summed E-state index contributed by atoms with van der Waals surface area (Å²) in [7, 11) is 0. The summed E-state index contributed by atoms with van der Waals surface area (Å²) in [5.41, 5.74) is 17.6. The van der Waals surface area contributed by atoms with E-state index in [0.717, 1.165) is 81.7 Å². The quantitative estimate of drug-likeness (QED) is 0.114. The third-order valence-corrected chi connectivity index (χ3v) is 11.0. The van der Waals surface area contributed by atoms with E-state index in [0.29, 0.717) is 11.3 Å². The molecule has 300 valence electrons. The van der Waals surface area contributed by atoms with Crippen molar-refractivity contribution in [3.05, 3.63) is 240 Å². The zero-order valence-corrected chi connectivity index (χ0v) is 36.6. The van der Waals surface area contributed by atoms with E-state index in [9.17, 15) is 5.26 Å². The molecule has 0 radical (unpaired) electrons. The average molecular weight is 985 g/mol. The van der Waals surface area contributed by atoms with E-state index in [1.54, 1.807) is 24.4 Å². The van der Waals surface area contributed by atoms with Gasteiger partial charge in [0, 0.05) is 24.2 Å². The van der Waals surface area contributed by atoms with E-state index in [2.05, 4.69) is 130 Å². The van der Waals surface area contributed by atoms with E-state index in [4.69, 9.17) is 11.6 Å². The van der Waals surface area contributed by atoms with Gasteiger partial charge in [0.1, 0.15) is 0 Å². The van der Waals surface area contributed by atoms with Gasteiger partial charge in [-0.1, -0.05) is 103 Å². The fraction of sp³-hybridized carbons (Fsp3) is 0.0702. The predicted octanol–water partition coefficient (Wildman–Crippen LogP) is 13.3. The molecular formula is C57H38IrN5. The van der Waals surface area contributed by atoms with Gasteiger partial charge in [0.15, 0.2) is 5.69 Å². The van der Waals surface area contributed by atoms with Crippen molar-refractivity contribution < 1.29 is 20.1 Å². The second kappa shape index (κ2) is 19.9. The molecule has 9 aromatic rings. The van der Waals surface area contributed by atoms with Gasteiger partial charge in [0.25, 0.3) is 0 Å². The largest absolute Gasteiger partial charge is 3.00 e. The molecule has 0 N–H and O–H groups in total. The molecule has 6 heteroatoms. The van der Waals surface area contributed by atoms with Gasteiger partial charge < -0.3 is 15.0 Å². The Morgan fingerprint density at radius 2 is 1.02 bits per heavy atom. The summed E-state index contributed by atoms with van der Waals surface area (Å²) in [5.74, 6) is 0. The summed E-state index contributed by atoms with van der Waals surface area (Å²) < 4.78 is 0. The first-order valence-electron chi connectivity index (χ1n) is 20.6. The van der Waals surface area contributed by atoms with Crippen LogP contribution in [0.15, 0.2) is 182 Å². The summed E-state index contributed by atoms with van der Waals surface area (Å²) in [5, 5.41) is 9.45. The van der Waals surface area contributed by atoms with Crippen LogP contribution in [0.2, 0.25) is 0 Å². The van der Waals surface area contributed by atoms with Crippen LogP contribution in [0.25, 0.3) is 72.0 Å². The monoisotopic (exact) mass is 985 g/mol. The molecule has 0 saturated heterocycles. The summed E-state index contributed by atoms with van der Waals surface area (Å²) >= 11 is 0. The second-order valence-corrected chi connectivity index (χ2v) is 15.2. The molecule has 3 heterocycles. The van der Waals surface area contributed by atoms with Gasteiger partial charge in [0.2, 0.25) is 0 Å². The summed E-state index contributed by atoms with van der Waals surface area (Å²) in [6.07, 6.45) is 8.99. The van der Waals surface area contributed by atoms with Crippen molar-refractivity contribution in [2.75, 3.05) is 0 Å². The smallest absolute Gasteiger partial charge is 0.305 e. The first-order chi connectivity index (χ1) is 30.6. The van der Waals surface area contributed by atoms with Crippen LogP contribution in [0.3, 0.4) is 0 Å². The van der Waals surface area contributed by atoms with Gasteiger partial charge in [-0.2, -0.15) is 5.26 Å². The van der Waals surface area contributed by atoms with Gasteiger partial charge >= 0.3 is 20.1 Å². The van der Waals surface area contributed by atoms with Crippen molar-refractivity contribution in [1.29, 1.82) is 5.26 Å². The summed E-state index contributed by atoms with van der Waals surface area (Å²) in [6, 6.07) is 68.2. The summed E-state index contributed by atoms with van der Waals surface area (Å²) in [4.78, 5) is 17.2. The van der Waals surface area contributed by atoms with Crippen molar-refractivity contribution in [2.45, 2.75) is 25.7 Å². The molecule has 0 spiro atoms. The Kier molecular flexibility index (Phi) is 13.3. The minimum Gasteiger partial charge on any atom is -0.305 e. The number of pyridine rings is 3. The number of benzene rings is 6. The van der Waals surface area contributed by atoms with Crippen LogP contribution in [0, 0.1) is 36.1 Å². The number of nitriles is 1. The average Bonchev–Trinajstić information content (AvgIpc) is 3.36. The number of aryl methyl sites for hydroxylation is 4. The van der Waals surface area contributed by atoms with Crippen LogP contribution in [0.5, 0.6) is 0 Å². The van der Waals surface area contributed by atoms with Gasteiger partial charge in [-0.05, 0) is 93.6 Å². The van der Waals surface area contributed by atoms with Crippen molar-refractivity contribution in [1.82, 2.24) is 15.0 Å². The number of hydrogen-bond acceptors (Lipinski definition) is 4. The minimum absolute atomic E-state index is 0. The van der Waals surface area contributed by atoms with E-state index in [-0.39, 0.29) is 20.1 Å². The molecule has 0 saturated carbocycles. The maximum Gasteiger partial charge on any atom is 3.00 e. The Hall–Kier alpha value is -7.60. The second-order valence-electron chi connectivity index (χ2n) is 15.2. The Labute approximate surface area is 382 Å². The van der Waals surface area contributed by atoms with Gasteiger partial charge in [-0.25, -0.2) is 4.85 Å². The third kappa shape index (κ3) is 10.1. The zero-order valence-electron chi connectivity index (χ0n) is 34.2. The topological polar surface area (TPSA) is 66.8 Å². The van der Waals surface area contributed by atoms with E-state index < -0.39 is 0 Å². The molecule has 0 atom stereocenters. The number of nitrogens with zero attached hydrogens (tertiary/aromatic N) is 5. The predicted molar refractivity (Wildman–Crippen MR) is 248 cm³/mol.